The van der Waals surface area contributed by atoms with Crippen molar-refractivity contribution in [2.24, 2.45) is 0 Å². The van der Waals surface area contributed by atoms with Gasteiger partial charge in [0, 0.05) is 22.2 Å². The Labute approximate surface area is 181 Å². The van der Waals surface area contributed by atoms with E-state index in [2.05, 4.69) is 15.9 Å². The van der Waals surface area contributed by atoms with Crippen molar-refractivity contribution in [1.29, 1.82) is 5.26 Å². The second kappa shape index (κ2) is 8.90. The molecule has 0 heterocycles. The van der Waals surface area contributed by atoms with E-state index in [4.69, 9.17) is 4.74 Å². The highest BCUT2D eigenvalue weighted by Gasteiger charge is 2.22. The zero-order valence-electron chi connectivity index (χ0n) is 15.2. The van der Waals surface area contributed by atoms with Crippen molar-refractivity contribution in [3.63, 3.8) is 0 Å². The highest BCUT2D eigenvalue weighted by Crippen LogP contribution is 2.32. The number of non-ortho nitro benzene ring substituents is 1. The van der Waals surface area contributed by atoms with Crippen molar-refractivity contribution >= 4 is 37.5 Å². The van der Waals surface area contributed by atoms with E-state index in [-0.39, 0.29) is 21.9 Å². The predicted octanol–water partition coefficient (Wildman–Crippen LogP) is 5.49. The van der Waals surface area contributed by atoms with Crippen molar-refractivity contribution < 1.29 is 18.1 Å². The lowest BCUT2D eigenvalue weighted by molar-refractivity contribution is -0.384. The summed E-state index contributed by atoms with van der Waals surface area (Å²) in [6.45, 7) is 0. The van der Waals surface area contributed by atoms with Crippen LogP contribution in [0.15, 0.2) is 87.1 Å². The lowest BCUT2D eigenvalue weighted by atomic mass is 10.1. The van der Waals surface area contributed by atoms with E-state index in [9.17, 15) is 23.8 Å². The van der Waals surface area contributed by atoms with Gasteiger partial charge in [0.05, 0.1) is 9.82 Å². The number of nitrogens with zero attached hydrogens (tertiary/aromatic N) is 2. The Morgan fingerprint density at radius 1 is 1.07 bits per heavy atom. The van der Waals surface area contributed by atoms with Crippen LogP contribution in [0.4, 0.5) is 5.69 Å². The van der Waals surface area contributed by atoms with E-state index in [0.29, 0.717) is 5.75 Å². The van der Waals surface area contributed by atoms with Gasteiger partial charge < -0.3 is 4.74 Å². The third-order valence-corrected chi connectivity index (χ3v) is 6.20. The van der Waals surface area contributed by atoms with Crippen molar-refractivity contribution in [3.05, 3.63) is 97.9 Å². The molecule has 0 amide bonds. The van der Waals surface area contributed by atoms with Gasteiger partial charge in [-0.05, 0) is 48.5 Å². The maximum absolute atomic E-state index is 12.8. The zero-order chi connectivity index (χ0) is 21.7. The fourth-order valence-electron chi connectivity index (χ4n) is 2.52. The van der Waals surface area contributed by atoms with E-state index >= 15 is 0 Å². The van der Waals surface area contributed by atoms with Gasteiger partial charge in [-0.15, -0.1) is 0 Å². The van der Waals surface area contributed by atoms with Crippen LogP contribution >= 0.6 is 15.9 Å². The molecular formula is C21H13BrN2O5S. The van der Waals surface area contributed by atoms with E-state index in [1.807, 2.05) is 0 Å². The summed E-state index contributed by atoms with van der Waals surface area (Å²) < 4.78 is 32.2. The molecule has 0 aliphatic rings. The fourth-order valence-corrected chi connectivity index (χ4v) is 3.96. The molecule has 3 aromatic rings. The Kier molecular flexibility index (Phi) is 6.30. The summed E-state index contributed by atoms with van der Waals surface area (Å²) in [4.78, 5) is 9.96. The number of allylic oxidation sites excluding steroid dienone is 1. The highest BCUT2D eigenvalue weighted by molar-refractivity contribution is 9.10. The molecule has 9 heteroatoms. The first-order chi connectivity index (χ1) is 14.3. The lowest BCUT2D eigenvalue weighted by Crippen LogP contribution is -2.03. The summed E-state index contributed by atoms with van der Waals surface area (Å²) in [5, 5.41) is 20.7. The number of nitro benzene ring substituents is 1. The Hall–Kier alpha value is -3.48. The quantitative estimate of drug-likeness (QED) is 0.260. The monoisotopic (exact) mass is 484 g/mol. The summed E-state index contributed by atoms with van der Waals surface area (Å²) in [7, 11) is -4.11. The molecule has 0 aliphatic heterocycles. The molecule has 0 saturated carbocycles. The lowest BCUT2D eigenvalue weighted by Gasteiger charge is -2.10. The van der Waals surface area contributed by atoms with Gasteiger partial charge >= 0.3 is 0 Å². The first-order valence-corrected chi connectivity index (χ1v) is 10.7. The molecule has 30 heavy (non-hydrogen) atoms. The minimum atomic E-state index is -4.11. The van der Waals surface area contributed by atoms with E-state index < -0.39 is 19.7 Å². The standard InChI is InChI=1S/C21H13BrN2O5S/c22-16-6-9-18(10-7-16)29-21-11-8-17(24(25)26)12-15(21)13-20(14-23)30(27,28)19-4-2-1-3-5-19/h1-13H. The number of nitriles is 1. The highest BCUT2D eigenvalue weighted by atomic mass is 79.9. The van der Waals surface area contributed by atoms with E-state index in [1.54, 1.807) is 36.4 Å². The van der Waals surface area contributed by atoms with Crippen molar-refractivity contribution in [1.82, 2.24) is 0 Å². The van der Waals surface area contributed by atoms with Gasteiger partial charge in [-0.1, -0.05) is 34.1 Å². The van der Waals surface area contributed by atoms with Gasteiger partial charge in [0.2, 0.25) is 9.84 Å². The number of nitro groups is 1. The molecule has 0 bridgehead atoms. The molecule has 0 atom stereocenters. The van der Waals surface area contributed by atoms with Crippen LogP contribution in [0.25, 0.3) is 6.08 Å². The largest absolute Gasteiger partial charge is 0.457 e. The van der Waals surface area contributed by atoms with Crippen LogP contribution in [-0.2, 0) is 9.84 Å². The molecular weight excluding hydrogens is 472 g/mol. The molecule has 0 fully saturated rings. The van der Waals surface area contributed by atoms with Gasteiger partial charge in [0.1, 0.15) is 22.5 Å². The number of ether oxygens (including phenoxy) is 1. The summed E-state index contributed by atoms with van der Waals surface area (Å²) >= 11 is 3.31. The molecule has 0 aromatic heterocycles. The zero-order valence-corrected chi connectivity index (χ0v) is 17.6. The molecule has 0 spiro atoms. The molecule has 3 aromatic carbocycles. The Balaban J connectivity index is 2.11. The van der Waals surface area contributed by atoms with Gasteiger partial charge in [-0.3, -0.25) is 10.1 Å². The minimum absolute atomic E-state index is 0.0568. The second-order valence-corrected chi connectivity index (χ2v) is 8.81. The average molecular weight is 485 g/mol. The van der Waals surface area contributed by atoms with Gasteiger partial charge in [-0.2, -0.15) is 5.26 Å². The molecule has 0 N–H and O–H groups in total. The smallest absolute Gasteiger partial charge is 0.270 e. The van der Waals surface area contributed by atoms with Crippen LogP contribution in [0.3, 0.4) is 0 Å². The van der Waals surface area contributed by atoms with E-state index in [0.717, 1.165) is 16.6 Å². The van der Waals surface area contributed by atoms with Crippen LogP contribution < -0.4 is 4.74 Å². The average Bonchev–Trinajstić information content (AvgIpc) is 2.74. The molecule has 0 radical (unpaired) electrons. The molecule has 3 rings (SSSR count). The number of benzene rings is 3. The first-order valence-electron chi connectivity index (χ1n) is 8.45. The van der Waals surface area contributed by atoms with Gasteiger partial charge in [0.25, 0.3) is 5.69 Å². The second-order valence-electron chi connectivity index (χ2n) is 5.97. The van der Waals surface area contributed by atoms with Crippen LogP contribution in [0.1, 0.15) is 5.56 Å². The third kappa shape index (κ3) is 4.74. The number of hydrogen-bond donors (Lipinski definition) is 0. The predicted molar refractivity (Wildman–Crippen MR) is 115 cm³/mol. The Bertz CT molecular complexity index is 1260. The van der Waals surface area contributed by atoms with Crippen LogP contribution in [0.2, 0.25) is 0 Å². The number of sulfone groups is 1. The molecule has 0 saturated heterocycles. The number of hydrogen-bond acceptors (Lipinski definition) is 6. The van der Waals surface area contributed by atoms with Gasteiger partial charge in [-0.25, -0.2) is 8.42 Å². The molecule has 7 nitrogen and oxygen atoms in total. The van der Waals surface area contributed by atoms with Crippen molar-refractivity contribution in [2.45, 2.75) is 4.90 Å². The van der Waals surface area contributed by atoms with Crippen LogP contribution in [0, 0.1) is 21.4 Å². The van der Waals surface area contributed by atoms with Crippen LogP contribution in [0.5, 0.6) is 11.5 Å². The first kappa shape index (κ1) is 21.2. The van der Waals surface area contributed by atoms with Gasteiger partial charge in [0.15, 0.2) is 0 Å². The van der Waals surface area contributed by atoms with Crippen molar-refractivity contribution in [3.8, 4) is 17.6 Å². The topological polar surface area (TPSA) is 110 Å². The van der Waals surface area contributed by atoms with E-state index in [1.165, 1.54) is 36.4 Å². The minimum Gasteiger partial charge on any atom is -0.457 e. The molecule has 0 unspecified atom stereocenters. The maximum atomic E-state index is 12.8. The fraction of sp³-hybridized carbons (Fsp3) is 0. The summed E-state index contributed by atoms with van der Waals surface area (Å²) in [6, 6.07) is 19.7. The Morgan fingerprint density at radius 2 is 1.73 bits per heavy atom. The third-order valence-electron chi connectivity index (χ3n) is 3.99. The summed E-state index contributed by atoms with van der Waals surface area (Å²) in [5.74, 6) is 0.602. The number of halogens is 1. The molecule has 150 valence electrons. The summed E-state index contributed by atoms with van der Waals surface area (Å²) in [5.41, 5.74) is -0.179. The molecule has 0 aliphatic carbocycles. The maximum Gasteiger partial charge on any atom is 0.270 e. The SMILES string of the molecule is N#CC(=Cc1cc([N+](=O)[O-])ccc1Oc1ccc(Br)cc1)S(=O)(=O)c1ccccc1. The summed E-state index contributed by atoms with van der Waals surface area (Å²) in [6.07, 6.45) is 1.07. The van der Waals surface area contributed by atoms with Crippen molar-refractivity contribution in [2.75, 3.05) is 0 Å². The normalized spacial score (nSPS) is 11.5. The number of rotatable bonds is 6. The Morgan fingerprint density at radius 3 is 2.33 bits per heavy atom. The van der Waals surface area contributed by atoms with Crippen LogP contribution in [-0.4, -0.2) is 13.3 Å².